The number of hydrogen-bond donors (Lipinski definition) is 1. The molecule has 2 amide bonds. The summed E-state index contributed by atoms with van der Waals surface area (Å²) < 4.78 is 0. The zero-order valence-corrected chi connectivity index (χ0v) is 13.0. The number of hydrogen-bond acceptors (Lipinski definition) is 2. The van der Waals surface area contributed by atoms with Gasteiger partial charge in [0.15, 0.2) is 0 Å². The maximum absolute atomic E-state index is 11.8. The molecule has 0 aromatic heterocycles. The van der Waals surface area contributed by atoms with Gasteiger partial charge in [0, 0.05) is 19.2 Å². The summed E-state index contributed by atoms with van der Waals surface area (Å²) in [5.74, 6) is -0.350. The summed E-state index contributed by atoms with van der Waals surface area (Å²) in [6, 6.07) is 5.09. The van der Waals surface area contributed by atoms with E-state index in [-0.39, 0.29) is 18.4 Å². The fourth-order valence-corrected chi connectivity index (χ4v) is 2.39. The van der Waals surface area contributed by atoms with E-state index in [2.05, 4.69) is 5.32 Å². The van der Waals surface area contributed by atoms with Gasteiger partial charge in [-0.1, -0.05) is 29.3 Å². The average molecular weight is 327 g/mol. The highest BCUT2D eigenvalue weighted by Crippen LogP contribution is 2.23. The standard InChI is InChI=1S/C15H16Cl2N2O2/c16-12-5-3-11(9-13(12)17)4-6-14(20)18-10-15(21)19-7-1-2-8-19/h3-6,9H,1-2,7-8,10H2,(H,18,20)/b6-4+. The van der Waals surface area contributed by atoms with Crippen LogP contribution >= 0.6 is 23.2 Å². The Morgan fingerprint density at radius 2 is 1.90 bits per heavy atom. The Kier molecular flexibility index (Phi) is 5.65. The topological polar surface area (TPSA) is 49.4 Å². The first kappa shape index (κ1) is 15.9. The molecule has 2 rings (SSSR count). The molecule has 0 aliphatic carbocycles. The van der Waals surface area contributed by atoms with Crippen LogP contribution in [0, 0.1) is 0 Å². The number of benzene rings is 1. The van der Waals surface area contributed by atoms with Crippen LogP contribution in [0.2, 0.25) is 10.0 Å². The third-order valence-electron chi connectivity index (χ3n) is 3.24. The predicted octanol–water partition coefficient (Wildman–Crippen LogP) is 2.75. The van der Waals surface area contributed by atoms with E-state index in [9.17, 15) is 9.59 Å². The van der Waals surface area contributed by atoms with E-state index in [1.165, 1.54) is 6.08 Å². The van der Waals surface area contributed by atoms with Crippen LogP contribution in [0.15, 0.2) is 24.3 Å². The van der Waals surface area contributed by atoms with Crippen molar-refractivity contribution in [2.45, 2.75) is 12.8 Å². The van der Waals surface area contributed by atoms with Crippen LogP contribution in [0.4, 0.5) is 0 Å². The molecule has 1 aliphatic heterocycles. The molecule has 21 heavy (non-hydrogen) atoms. The Morgan fingerprint density at radius 3 is 2.57 bits per heavy atom. The van der Waals surface area contributed by atoms with Crippen molar-refractivity contribution in [2.75, 3.05) is 19.6 Å². The molecule has 0 spiro atoms. The predicted molar refractivity (Wildman–Crippen MR) is 84.3 cm³/mol. The van der Waals surface area contributed by atoms with E-state index in [4.69, 9.17) is 23.2 Å². The molecule has 0 radical (unpaired) electrons. The molecule has 0 bridgehead atoms. The third kappa shape index (κ3) is 4.76. The van der Waals surface area contributed by atoms with Gasteiger partial charge in [0.25, 0.3) is 0 Å². The lowest BCUT2D eigenvalue weighted by Gasteiger charge is -2.14. The lowest BCUT2D eigenvalue weighted by molar-refractivity contribution is -0.131. The van der Waals surface area contributed by atoms with Gasteiger partial charge in [0.2, 0.25) is 11.8 Å². The van der Waals surface area contributed by atoms with Gasteiger partial charge in [-0.25, -0.2) is 0 Å². The van der Waals surface area contributed by atoms with Crippen molar-refractivity contribution in [1.29, 1.82) is 0 Å². The highest BCUT2D eigenvalue weighted by atomic mass is 35.5. The van der Waals surface area contributed by atoms with Crippen LogP contribution in [-0.4, -0.2) is 36.3 Å². The number of rotatable bonds is 4. The van der Waals surface area contributed by atoms with Gasteiger partial charge >= 0.3 is 0 Å². The van der Waals surface area contributed by atoms with Gasteiger partial charge in [-0.3, -0.25) is 9.59 Å². The van der Waals surface area contributed by atoms with Crippen molar-refractivity contribution >= 4 is 41.1 Å². The Balaban J connectivity index is 1.82. The number of nitrogens with zero attached hydrogens (tertiary/aromatic N) is 1. The summed E-state index contributed by atoms with van der Waals surface area (Å²) in [7, 11) is 0. The molecular weight excluding hydrogens is 311 g/mol. The number of nitrogens with one attached hydrogen (secondary N) is 1. The number of halogens is 2. The Labute approximate surface area is 133 Å². The first-order valence-electron chi connectivity index (χ1n) is 6.75. The quantitative estimate of drug-likeness (QED) is 0.865. The van der Waals surface area contributed by atoms with Crippen molar-refractivity contribution < 1.29 is 9.59 Å². The van der Waals surface area contributed by atoms with Crippen molar-refractivity contribution in [3.8, 4) is 0 Å². The first-order chi connectivity index (χ1) is 10.1. The Morgan fingerprint density at radius 1 is 1.19 bits per heavy atom. The average Bonchev–Trinajstić information content (AvgIpc) is 3.00. The maximum Gasteiger partial charge on any atom is 0.244 e. The fraction of sp³-hybridized carbons (Fsp3) is 0.333. The van der Waals surface area contributed by atoms with Crippen molar-refractivity contribution in [2.24, 2.45) is 0 Å². The molecule has 112 valence electrons. The molecule has 1 aliphatic rings. The largest absolute Gasteiger partial charge is 0.343 e. The zero-order valence-electron chi connectivity index (χ0n) is 11.4. The summed E-state index contributed by atoms with van der Waals surface area (Å²) in [5, 5.41) is 3.48. The molecule has 0 saturated carbocycles. The molecule has 1 saturated heterocycles. The SMILES string of the molecule is O=C(/C=C/c1ccc(Cl)c(Cl)c1)NCC(=O)N1CCCC1. The van der Waals surface area contributed by atoms with Gasteiger partial charge < -0.3 is 10.2 Å². The molecule has 1 aromatic rings. The molecule has 1 aromatic carbocycles. The van der Waals surface area contributed by atoms with Crippen LogP contribution in [0.5, 0.6) is 0 Å². The van der Waals surface area contributed by atoms with Gasteiger partial charge in [-0.15, -0.1) is 0 Å². The second kappa shape index (κ2) is 7.48. The van der Waals surface area contributed by atoms with Crippen molar-refractivity contribution in [3.63, 3.8) is 0 Å². The second-order valence-corrected chi connectivity index (χ2v) is 5.63. The molecule has 1 heterocycles. The number of likely N-dealkylation sites (tertiary alicyclic amines) is 1. The zero-order chi connectivity index (χ0) is 15.2. The van der Waals surface area contributed by atoms with Crippen LogP contribution in [0.3, 0.4) is 0 Å². The number of carbonyl (C=O) groups excluding carboxylic acids is 2. The third-order valence-corrected chi connectivity index (χ3v) is 3.98. The highest BCUT2D eigenvalue weighted by molar-refractivity contribution is 6.42. The van der Waals surface area contributed by atoms with Crippen LogP contribution < -0.4 is 5.32 Å². The molecular formula is C15H16Cl2N2O2. The lowest BCUT2D eigenvalue weighted by atomic mass is 10.2. The second-order valence-electron chi connectivity index (χ2n) is 4.81. The number of amides is 2. The summed E-state index contributed by atoms with van der Waals surface area (Å²) in [6.45, 7) is 1.60. The van der Waals surface area contributed by atoms with Gasteiger partial charge in [0.1, 0.15) is 0 Å². The van der Waals surface area contributed by atoms with E-state index >= 15 is 0 Å². The Bertz CT molecular complexity index is 567. The summed E-state index contributed by atoms with van der Waals surface area (Å²) in [6.07, 6.45) is 5.07. The van der Waals surface area contributed by atoms with E-state index in [0.29, 0.717) is 10.0 Å². The fourth-order valence-electron chi connectivity index (χ4n) is 2.09. The Hall–Kier alpha value is -1.52. The number of carbonyl (C=O) groups is 2. The van der Waals surface area contributed by atoms with Crippen LogP contribution in [-0.2, 0) is 9.59 Å². The first-order valence-corrected chi connectivity index (χ1v) is 7.50. The molecule has 0 atom stereocenters. The minimum Gasteiger partial charge on any atom is -0.343 e. The lowest BCUT2D eigenvalue weighted by Crippen LogP contribution is -2.38. The monoisotopic (exact) mass is 326 g/mol. The summed E-state index contributed by atoms with van der Waals surface area (Å²) >= 11 is 11.7. The molecule has 4 nitrogen and oxygen atoms in total. The molecule has 0 unspecified atom stereocenters. The summed E-state index contributed by atoms with van der Waals surface area (Å²) in [4.78, 5) is 25.2. The van der Waals surface area contributed by atoms with E-state index < -0.39 is 0 Å². The minimum atomic E-state index is -0.311. The maximum atomic E-state index is 11.8. The van der Waals surface area contributed by atoms with Gasteiger partial charge in [-0.05, 0) is 36.6 Å². The summed E-state index contributed by atoms with van der Waals surface area (Å²) in [5.41, 5.74) is 0.769. The van der Waals surface area contributed by atoms with E-state index in [1.54, 1.807) is 29.2 Å². The van der Waals surface area contributed by atoms with Crippen molar-refractivity contribution in [3.05, 3.63) is 39.9 Å². The van der Waals surface area contributed by atoms with Gasteiger partial charge in [-0.2, -0.15) is 0 Å². The van der Waals surface area contributed by atoms with Crippen LogP contribution in [0.1, 0.15) is 18.4 Å². The highest BCUT2D eigenvalue weighted by Gasteiger charge is 2.17. The van der Waals surface area contributed by atoms with Crippen LogP contribution in [0.25, 0.3) is 6.08 Å². The smallest absolute Gasteiger partial charge is 0.244 e. The van der Waals surface area contributed by atoms with Gasteiger partial charge in [0.05, 0.1) is 16.6 Å². The molecule has 1 fully saturated rings. The minimum absolute atomic E-state index is 0.0323. The molecule has 6 heteroatoms. The normalized spacial score (nSPS) is 14.7. The molecule has 1 N–H and O–H groups in total. The van der Waals surface area contributed by atoms with E-state index in [0.717, 1.165) is 31.5 Å². The van der Waals surface area contributed by atoms with E-state index in [1.807, 2.05) is 0 Å². The van der Waals surface area contributed by atoms with Crippen molar-refractivity contribution in [1.82, 2.24) is 10.2 Å².